The van der Waals surface area contributed by atoms with Crippen molar-refractivity contribution in [3.8, 4) is 5.75 Å². The van der Waals surface area contributed by atoms with Crippen molar-refractivity contribution in [3.63, 3.8) is 0 Å². The Balaban J connectivity index is 2.63. The molecule has 7 heteroatoms. The first-order valence-corrected chi connectivity index (χ1v) is 7.01. The maximum absolute atomic E-state index is 11.1. The van der Waals surface area contributed by atoms with E-state index >= 15 is 0 Å². The summed E-state index contributed by atoms with van der Waals surface area (Å²) in [6.07, 6.45) is -0.682. The van der Waals surface area contributed by atoms with Crippen molar-refractivity contribution in [2.24, 2.45) is 0 Å². The van der Waals surface area contributed by atoms with Crippen LogP contribution in [0.25, 0.3) is 10.9 Å². The Bertz CT molecular complexity index is 728. The smallest absolute Gasteiger partial charge is 0.404 e. The molecule has 1 heterocycles. The minimum absolute atomic E-state index is 0.111. The first-order chi connectivity index (χ1) is 10.0. The molecular formula is C12H17N2O4P. The number of phosphoric ester groups is 1. The van der Waals surface area contributed by atoms with Gasteiger partial charge in [0.25, 0.3) is 0 Å². The largest absolute Gasteiger partial charge is 0.524 e. The standard InChI is InChI=1S/C12H17N2O4P/c1-14(2)7-6-9-8-13-10-4-3-5-11(12(9)10)18-19(15,16)17/h3-5,8,13H,6-7H2,1-2H3,(H2,15,16,17)/i6D2,7D. The van der Waals surface area contributed by atoms with Crippen molar-refractivity contribution >= 4 is 18.7 Å². The fraction of sp³-hybridized carbons (Fsp3) is 0.333. The van der Waals surface area contributed by atoms with Gasteiger partial charge >= 0.3 is 7.82 Å². The summed E-state index contributed by atoms with van der Waals surface area (Å²) >= 11 is 0. The van der Waals surface area contributed by atoms with Crippen LogP contribution in [-0.4, -0.2) is 40.3 Å². The van der Waals surface area contributed by atoms with Gasteiger partial charge in [-0.2, -0.15) is 0 Å². The molecule has 0 bridgehead atoms. The van der Waals surface area contributed by atoms with E-state index in [1.807, 2.05) is 0 Å². The van der Waals surface area contributed by atoms with E-state index in [2.05, 4.69) is 9.51 Å². The average Bonchev–Trinajstić information content (AvgIpc) is 2.81. The molecule has 6 nitrogen and oxygen atoms in total. The van der Waals surface area contributed by atoms with Gasteiger partial charge in [0.2, 0.25) is 0 Å². The number of nitrogens with one attached hydrogen (secondary N) is 1. The van der Waals surface area contributed by atoms with E-state index in [9.17, 15) is 4.57 Å². The lowest BCUT2D eigenvalue weighted by Crippen LogP contribution is -2.14. The summed E-state index contributed by atoms with van der Waals surface area (Å²) in [5.74, 6) is -0.128. The van der Waals surface area contributed by atoms with Gasteiger partial charge in [-0.25, -0.2) is 4.57 Å². The van der Waals surface area contributed by atoms with Crippen LogP contribution in [0.2, 0.25) is 0 Å². The Morgan fingerprint density at radius 1 is 1.47 bits per heavy atom. The molecule has 0 aliphatic rings. The third-order valence-electron chi connectivity index (χ3n) is 2.36. The molecule has 2 aromatic rings. The van der Waals surface area contributed by atoms with Crippen LogP contribution in [0.3, 0.4) is 0 Å². The molecule has 0 saturated heterocycles. The molecule has 2 rings (SSSR count). The minimum atomic E-state index is -4.78. The molecule has 1 atom stereocenters. The van der Waals surface area contributed by atoms with Crippen molar-refractivity contribution in [1.29, 1.82) is 0 Å². The number of aryl methyl sites for hydroxylation is 1. The number of likely N-dealkylation sites (N-methyl/N-ethyl adjacent to an activating group) is 1. The summed E-state index contributed by atoms with van der Waals surface area (Å²) in [4.78, 5) is 22.2. The summed E-state index contributed by atoms with van der Waals surface area (Å²) in [5.41, 5.74) is 0.580. The number of benzene rings is 1. The topological polar surface area (TPSA) is 85.8 Å². The predicted octanol–water partition coefficient (Wildman–Crippen LogP) is 1.74. The molecule has 0 fully saturated rings. The number of aromatic nitrogens is 1. The van der Waals surface area contributed by atoms with Gasteiger partial charge in [-0.15, -0.1) is 0 Å². The zero-order valence-corrected chi connectivity index (χ0v) is 11.4. The number of nitrogens with zero attached hydrogens (tertiary/aromatic N) is 1. The number of aromatic amines is 1. The molecule has 0 aliphatic heterocycles. The van der Waals surface area contributed by atoms with Crippen LogP contribution in [0.15, 0.2) is 24.4 Å². The number of phosphoric acid groups is 1. The summed E-state index contributed by atoms with van der Waals surface area (Å²) in [7, 11) is -1.61. The Hall–Kier alpha value is -1.33. The molecule has 0 aliphatic carbocycles. The van der Waals surface area contributed by atoms with Crippen LogP contribution in [-0.2, 0) is 10.9 Å². The maximum atomic E-state index is 11.1. The lowest BCUT2D eigenvalue weighted by atomic mass is 10.1. The average molecular weight is 287 g/mol. The first-order valence-electron chi connectivity index (χ1n) is 7.06. The van der Waals surface area contributed by atoms with Crippen LogP contribution in [0.1, 0.15) is 9.68 Å². The van der Waals surface area contributed by atoms with E-state index in [-0.39, 0.29) is 16.7 Å². The van der Waals surface area contributed by atoms with Crippen LogP contribution < -0.4 is 4.52 Å². The maximum Gasteiger partial charge on any atom is 0.524 e. The van der Waals surface area contributed by atoms with E-state index in [1.54, 1.807) is 20.2 Å². The summed E-state index contributed by atoms with van der Waals surface area (Å²) < 4.78 is 40.1. The van der Waals surface area contributed by atoms with Gasteiger partial charge in [-0.05, 0) is 38.2 Å². The van der Waals surface area contributed by atoms with Gasteiger partial charge in [0, 0.05) is 27.7 Å². The molecule has 19 heavy (non-hydrogen) atoms. The first kappa shape index (κ1) is 10.5. The Kier molecular flexibility index (Phi) is 2.94. The second-order valence-corrected chi connectivity index (χ2v) is 5.36. The monoisotopic (exact) mass is 287 g/mol. The van der Waals surface area contributed by atoms with Crippen molar-refractivity contribution < 1.29 is 23.0 Å². The van der Waals surface area contributed by atoms with E-state index in [4.69, 9.17) is 13.9 Å². The lowest BCUT2D eigenvalue weighted by molar-refractivity contribution is 0.284. The van der Waals surface area contributed by atoms with Crippen LogP contribution in [0.5, 0.6) is 5.75 Å². The molecule has 1 unspecified atom stereocenters. The lowest BCUT2D eigenvalue weighted by Gasteiger charge is -2.11. The second kappa shape index (κ2) is 5.35. The third kappa shape index (κ3) is 3.58. The Morgan fingerprint density at radius 3 is 2.84 bits per heavy atom. The number of hydrogen-bond acceptors (Lipinski definition) is 3. The quantitative estimate of drug-likeness (QED) is 0.729. The third-order valence-corrected chi connectivity index (χ3v) is 2.80. The van der Waals surface area contributed by atoms with Gasteiger partial charge in [0.05, 0.1) is 0 Å². The Morgan fingerprint density at radius 2 is 2.21 bits per heavy atom. The number of H-pyrrole nitrogens is 1. The predicted molar refractivity (Wildman–Crippen MR) is 73.2 cm³/mol. The van der Waals surface area contributed by atoms with Crippen LogP contribution in [0.4, 0.5) is 0 Å². The molecule has 1 aromatic heterocycles. The van der Waals surface area contributed by atoms with Crippen molar-refractivity contribution in [2.75, 3.05) is 20.6 Å². The highest BCUT2D eigenvalue weighted by molar-refractivity contribution is 7.46. The van der Waals surface area contributed by atoms with Gasteiger partial charge in [-0.3, -0.25) is 9.79 Å². The van der Waals surface area contributed by atoms with Crippen LogP contribution in [0, 0.1) is 0 Å². The fourth-order valence-electron chi connectivity index (χ4n) is 1.67. The van der Waals surface area contributed by atoms with E-state index in [0.29, 0.717) is 5.52 Å². The Labute approximate surface area is 115 Å². The molecule has 1 aromatic carbocycles. The SMILES string of the molecule is [2H]C(N(C)C)C([2H])([2H])c1c[nH]c2cccc(OP(=O)(O)O)c12. The van der Waals surface area contributed by atoms with Gasteiger partial charge in [0.1, 0.15) is 5.75 Å². The number of fused-ring (bicyclic) bond motifs is 1. The highest BCUT2D eigenvalue weighted by Crippen LogP contribution is 2.41. The highest BCUT2D eigenvalue weighted by atomic mass is 31.2. The highest BCUT2D eigenvalue weighted by Gasteiger charge is 2.19. The molecule has 0 spiro atoms. The van der Waals surface area contributed by atoms with E-state index in [0.717, 1.165) is 0 Å². The summed E-state index contributed by atoms with van der Waals surface area (Å²) in [6.45, 7) is -1.20. The molecule has 3 N–H and O–H groups in total. The normalized spacial score (nSPS) is 17.0. The molecule has 0 saturated carbocycles. The zero-order valence-electron chi connectivity index (χ0n) is 13.5. The van der Waals surface area contributed by atoms with Gasteiger partial charge in [-0.1, -0.05) is 6.07 Å². The van der Waals surface area contributed by atoms with Crippen molar-refractivity contribution in [1.82, 2.24) is 9.88 Å². The molecule has 0 amide bonds. The van der Waals surface area contributed by atoms with Crippen molar-refractivity contribution in [2.45, 2.75) is 6.37 Å². The molecule has 0 radical (unpaired) electrons. The minimum Gasteiger partial charge on any atom is -0.404 e. The fourth-order valence-corrected chi connectivity index (χ4v) is 2.08. The van der Waals surface area contributed by atoms with E-state index in [1.165, 1.54) is 23.2 Å². The molecular weight excluding hydrogens is 267 g/mol. The summed E-state index contributed by atoms with van der Waals surface area (Å²) in [5, 5.41) is 0.218. The second-order valence-electron chi connectivity index (χ2n) is 4.20. The zero-order chi connectivity index (χ0) is 16.7. The van der Waals surface area contributed by atoms with Gasteiger partial charge in [0.15, 0.2) is 0 Å². The number of hydrogen-bond donors (Lipinski definition) is 3. The summed E-state index contributed by atoms with van der Waals surface area (Å²) in [6, 6.07) is 4.52. The molecule has 104 valence electrons. The van der Waals surface area contributed by atoms with Crippen molar-refractivity contribution in [3.05, 3.63) is 30.0 Å². The van der Waals surface area contributed by atoms with Gasteiger partial charge < -0.3 is 14.4 Å². The number of rotatable bonds is 5. The van der Waals surface area contributed by atoms with E-state index < -0.39 is 20.7 Å². The van der Waals surface area contributed by atoms with Crippen LogP contribution >= 0.6 is 7.82 Å².